The summed E-state index contributed by atoms with van der Waals surface area (Å²) >= 11 is 3.44. The first-order chi connectivity index (χ1) is 9.77. The van der Waals surface area contributed by atoms with Crippen LogP contribution >= 0.6 is 15.9 Å². The van der Waals surface area contributed by atoms with Crippen LogP contribution in [0.2, 0.25) is 0 Å². The molecule has 0 heterocycles. The molecule has 0 fully saturated rings. The van der Waals surface area contributed by atoms with Gasteiger partial charge in [0.25, 0.3) is 0 Å². The third-order valence-corrected chi connectivity index (χ3v) is 3.81. The van der Waals surface area contributed by atoms with Gasteiger partial charge in [-0.3, -0.25) is 5.41 Å². The van der Waals surface area contributed by atoms with Crippen molar-refractivity contribution < 1.29 is 4.74 Å². The summed E-state index contributed by atoms with van der Waals surface area (Å²) in [7, 11) is 0. The van der Waals surface area contributed by atoms with Crippen LogP contribution < -0.4 is 10.5 Å². The third kappa shape index (κ3) is 3.85. The van der Waals surface area contributed by atoms with Crippen LogP contribution in [0.4, 0.5) is 0 Å². The van der Waals surface area contributed by atoms with Crippen molar-refractivity contribution in [3.05, 3.63) is 58.1 Å². The highest BCUT2D eigenvalue weighted by molar-refractivity contribution is 9.10. The van der Waals surface area contributed by atoms with E-state index in [1.807, 2.05) is 12.1 Å². The van der Waals surface area contributed by atoms with Crippen LogP contribution in [0.25, 0.3) is 0 Å². The van der Waals surface area contributed by atoms with E-state index in [-0.39, 0.29) is 11.3 Å². The molecule has 0 amide bonds. The van der Waals surface area contributed by atoms with Gasteiger partial charge in [-0.15, -0.1) is 0 Å². The second-order valence-corrected chi connectivity index (χ2v) is 6.79. The van der Waals surface area contributed by atoms with E-state index in [0.717, 1.165) is 10.2 Å². The summed E-state index contributed by atoms with van der Waals surface area (Å²) in [6.07, 6.45) is 0. The van der Waals surface area contributed by atoms with Gasteiger partial charge in [-0.2, -0.15) is 0 Å². The summed E-state index contributed by atoms with van der Waals surface area (Å²) in [5.41, 5.74) is 7.52. The van der Waals surface area contributed by atoms with E-state index < -0.39 is 0 Å². The standard InChI is InChI=1S/C17H19BrN2O/c1-17(2,3)12-5-7-13(8-6-12)21-15-9-4-11(16(19)20)10-14(15)18/h4-10H,1-3H3,(H3,19,20). The SMILES string of the molecule is CC(C)(C)c1ccc(Oc2ccc(C(=N)N)cc2Br)cc1. The molecule has 21 heavy (non-hydrogen) atoms. The zero-order chi connectivity index (χ0) is 15.6. The molecule has 2 aromatic carbocycles. The lowest BCUT2D eigenvalue weighted by Gasteiger charge is -2.19. The Kier molecular flexibility index (Phi) is 4.37. The molecule has 4 heteroatoms. The van der Waals surface area contributed by atoms with Crippen molar-refractivity contribution in [1.82, 2.24) is 0 Å². The second-order valence-electron chi connectivity index (χ2n) is 5.94. The van der Waals surface area contributed by atoms with Gasteiger partial charge in [0.05, 0.1) is 4.47 Å². The Balaban J connectivity index is 2.20. The molecule has 3 nitrogen and oxygen atoms in total. The molecule has 110 valence electrons. The normalized spacial score (nSPS) is 11.2. The van der Waals surface area contributed by atoms with Gasteiger partial charge in [-0.25, -0.2) is 0 Å². The zero-order valence-electron chi connectivity index (χ0n) is 12.4. The van der Waals surface area contributed by atoms with E-state index in [1.54, 1.807) is 18.2 Å². The molecule has 0 aliphatic carbocycles. The van der Waals surface area contributed by atoms with Crippen LogP contribution in [-0.4, -0.2) is 5.84 Å². The zero-order valence-corrected chi connectivity index (χ0v) is 14.0. The van der Waals surface area contributed by atoms with E-state index in [2.05, 4.69) is 48.8 Å². The number of ether oxygens (including phenoxy) is 1. The minimum atomic E-state index is 0.0387. The van der Waals surface area contributed by atoms with Gasteiger partial charge >= 0.3 is 0 Å². The van der Waals surface area contributed by atoms with Crippen LogP contribution in [0.3, 0.4) is 0 Å². The van der Waals surface area contributed by atoms with Crippen molar-refractivity contribution in [3.63, 3.8) is 0 Å². The van der Waals surface area contributed by atoms with Crippen molar-refractivity contribution in [3.8, 4) is 11.5 Å². The summed E-state index contributed by atoms with van der Waals surface area (Å²) in [5.74, 6) is 1.51. The van der Waals surface area contributed by atoms with Gasteiger partial charge < -0.3 is 10.5 Å². The van der Waals surface area contributed by atoms with Gasteiger partial charge in [0.2, 0.25) is 0 Å². The molecule has 0 aliphatic heterocycles. The first-order valence-electron chi connectivity index (χ1n) is 6.70. The number of benzene rings is 2. The van der Waals surface area contributed by atoms with E-state index in [1.165, 1.54) is 5.56 Å². The number of nitrogen functional groups attached to an aromatic ring is 1. The maximum absolute atomic E-state index is 7.42. The molecular formula is C17H19BrN2O. The van der Waals surface area contributed by atoms with Crippen molar-refractivity contribution >= 4 is 21.8 Å². The number of nitrogens with two attached hydrogens (primary N) is 1. The van der Waals surface area contributed by atoms with E-state index in [9.17, 15) is 0 Å². The fraction of sp³-hybridized carbons (Fsp3) is 0.235. The molecule has 3 N–H and O–H groups in total. The minimum Gasteiger partial charge on any atom is -0.456 e. The van der Waals surface area contributed by atoms with Crippen LogP contribution in [0, 0.1) is 5.41 Å². The summed E-state index contributed by atoms with van der Waals surface area (Å²) in [4.78, 5) is 0. The summed E-state index contributed by atoms with van der Waals surface area (Å²) in [6, 6.07) is 13.4. The Morgan fingerprint density at radius 3 is 2.19 bits per heavy atom. The maximum Gasteiger partial charge on any atom is 0.141 e. The lowest BCUT2D eigenvalue weighted by atomic mass is 9.87. The fourth-order valence-corrected chi connectivity index (χ4v) is 2.36. The lowest BCUT2D eigenvalue weighted by molar-refractivity contribution is 0.478. The highest BCUT2D eigenvalue weighted by Gasteiger charge is 2.13. The predicted octanol–water partition coefficient (Wildman–Crippen LogP) is 4.82. The Labute approximate surface area is 133 Å². The largest absolute Gasteiger partial charge is 0.456 e. The molecule has 0 aliphatic rings. The summed E-state index contributed by atoms with van der Waals surface area (Å²) in [6.45, 7) is 6.54. The molecule has 0 unspecified atom stereocenters. The van der Waals surface area contributed by atoms with Gasteiger partial charge in [0.1, 0.15) is 17.3 Å². The average molecular weight is 347 g/mol. The third-order valence-electron chi connectivity index (χ3n) is 3.19. The van der Waals surface area contributed by atoms with Crippen molar-refractivity contribution in [2.45, 2.75) is 26.2 Å². The fourth-order valence-electron chi connectivity index (χ4n) is 1.90. The highest BCUT2D eigenvalue weighted by Crippen LogP contribution is 2.31. The van der Waals surface area contributed by atoms with Crippen LogP contribution in [-0.2, 0) is 5.41 Å². The number of hydrogen-bond acceptors (Lipinski definition) is 2. The Morgan fingerprint density at radius 2 is 1.71 bits per heavy atom. The predicted molar refractivity (Wildman–Crippen MR) is 90.4 cm³/mol. The second kappa shape index (κ2) is 5.90. The average Bonchev–Trinajstić information content (AvgIpc) is 2.40. The molecule has 0 saturated carbocycles. The smallest absolute Gasteiger partial charge is 0.141 e. The lowest BCUT2D eigenvalue weighted by Crippen LogP contribution is -2.10. The first-order valence-corrected chi connectivity index (χ1v) is 7.49. The van der Waals surface area contributed by atoms with Crippen LogP contribution in [0.15, 0.2) is 46.9 Å². The molecule has 0 radical (unpaired) electrons. The Morgan fingerprint density at radius 1 is 1.10 bits per heavy atom. The van der Waals surface area contributed by atoms with E-state index in [4.69, 9.17) is 15.9 Å². The number of nitrogens with one attached hydrogen (secondary N) is 1. The van der Waals surface area contributed by atoms with Gasteiger partial charge in [0.15, 0.2) is 0 Å². The summed E-state index contributed by atoms with van der Waals surface area (Å²) in [5, 5.41) is 7.42. The topological polar surface area (TPSA) is 59.1 Å². The van der Waals surface area contributed by atoms with E-state index >= 15 is 0 Å². The minimum absolute atomic E-state index is 0.0387. The molecule has 2 aromatic rings. The Bertz CT molecular complexity index is 657. The first kappa shape index (κ1) is 15.6. The van der Waals surface area contributed by atoms with Crippen LogP contribution in [0.5, 0.6) is 11.5 Å². The molecule has 0 saturated heterocycles. The van der Waals surface area contributed by atoms with Crippen molar-refractivity contribution in [2.24, 2.45) is 5.73 Å². The highest BCUT2D eigenvalue weighted by atomic mass is 79.9. The van der Waals surface area contributed by atoms with Crippen molar-refractivity contribution in [2.75, 3.05) is 0 Å². The monoisotopic (exact) mass is 346 g/mol. The molecule has 0 atom stereocenters. The number of hydrogen-bond donors (Lipinski definition) is 2. The number of rotatable bonds is 3. The van der Waals surface area contributed by atoms with Crippen LogP contribution in [0.1, 0.15) is 31.9 Å². The van der Waals surface area contributed by atoms with Gasteiger partial charge in [-0.05, 0) is 57.2 Å². The maximum atomic E-state index is 7.42. The number of amidine groups is 1. The number of halogens is 1. The molecule has 0 spiro atoms. The van der Waals surface area contributed by atoms with Gasteiger partial charge in [-0.1, -0.05) is 32.9 Å². The molecule has 0 bridgehead atoms. The quantitative estimate of drug-likeness (QED) is 0.618. The molecular weight excluding hydrogens is 328 g/mol. The summed E-state index contributed by atoms with van der Waals surface area (Å²) < 4.78 is 6.63. The van der Waals surface area contributed by atoms with E-state index in [0.29, 0.717) is 11.3 Å². The van der Waals surface area contributed by atoms with Crippen molar-refractivity contribution in [1.29, 1.82) is 5.41 Å². The molecule has 0 aromatic heterocycles. The Hall–Kier alpha value is -1.81. The molecule has 2 rings (SSSR count). The van der Waals surface area contributed by atoms with Gasteiger partial charge in [0, 0.05) is 5.56 Å².